The van der Waals surface area contributed by atoms with Gasteiger partial charge < -0.3 is 10.1 Å². The summed E-state index contributed by atoms with van der Waals surface area (Å²) in [7, 11) is 1.40. The zero-order valence-corrected chi connectivity index (χ0v) is 17.7. The van der Waals surface area contributed by atoms with Gasteiger partial charge >= 0.3 is 5.97 Å². The second-order valence-corrected chi connectivity index (χ2v) is 7.77. The van der Waals surface area contributed by atoms with Crippen molar-refractivity contribution >= 4 is 11.9 Å². The highest BCUT2D eigenvalue weighted by Gasteiger charge is 2.38. The number of nitrogens with one attached hydrogen (secondary N) is 1. The lowest BCUT2D eigenvalue weighted by Crippen LogP contribution is -2.38. The Kier molecular flexibility index (Phi) is 6.13. The number of hydrogen-bond donors (Lipinski definition) is 1. The minimum Gasteiger partial charge on any atom is -0.468 e. The maximum Gasteiger partial charge on any atom is 0.323 e. The van der Waals surface area contributed by atoms with Crippen molar-refractivity contribution in [3.05, 3.63) is 83.7 Å². The molecule has 0 aliphatic carbocycles. The molecule has 4 rings (SSSR count). The Morgan fingerprint density at radius 2 is 1.90 bits per heavy atom. The van der Waals surface area contributed by atoms with Crippen molar-refractivity contribution in [1.82, 2.24) is 20.0 Å². The number of hydrogen-bond acceptors (Lipinski definition) is 5. The molecule has 3 aromatic rings. The summed E-state index contributed by atoms with van der Waals surface area (Å²) in [6.45, 7) is 3.26. The van der Waals surface area contributed by atoms with Gasteiger partial charge in [-0.15, -0.1) is 0 Å². The number of aromatic nitrogens is 2. The number of methoxy groups -OCH3 is 1. The Balaban J connectivity index is 1.51. The first-order chi connectivity index (χ1) is 15.1. The number of amides is 1. The predicted molar refractivity (Wildman–Crippen MR) is 117 cm³/mol. The van der Waals surface area contributed by atoms with Crippen molar-refractivity contribution in [3.63, 3.8) is 0 Å². The topological polar surface area (TPSA) is 76.5 Å². The highest BCUT2D eigenvalue weighted by atomic mass is 16.5. The highest BCUT2D eigenvalue weighted by molar-refractivity contribution is 5.98. The van der Waals surface area contributed by atoms with Crippen LogP contribution in [0.15, 0.2) is 67.0 Å². The minimum absolute atomic E-state index is 0.161. The van der Waals surface area contributed by atoms with E-state index in [4.69, 9.17) is 4.74 Å². The number of carbonyl (C=O) groups is 2. The first kappa shape index (κ1) is 20.8. The van der Waals surface area contributed by atoms with Gasteiger partial charge in [0.05, 0.1) is 18.4 Å². The Bertz CT molecular complexity index is 1060. The number of rotatable bonds is 6. The summed E-state index contributed by atoms with van der Waals surface area (Å²) < 4.78 is 6.71. The fourth-order valence-corrected chi connectivity index (χ4v) is 4.11. The van der Waals surface area contributed by atoms with Gasteiger partial charge in [0.2, 0.25) is 0 Å². The summed E-state index contributed by atoms with van der Waals surface area (Å²) >= 11 is 0. The van der Waals surface area contributed by atoms with Crippen LogP contribution in [0.1, 0.15) is 27.9 Å². The van der Waals surface area contributed by atoms with E-state index in [1.54, 1.807) is 23.1 Å². The summed E-state index contributed by atoms with van der Waals surface area (Å²) in [5, 5.41) is 7.35. The van der Waals surface area contributed by atoms with Crippen molar-refractivity contribution < 1.29 is 14.3 Å². The number of ether oxygens (including phenoxy) is 1. The molecular weight excluding hydrogens is 392 g/mol. The third-order valence-electron chi connectivity index (χ3n) is 5.75. The van der Waals surface area contributed by atoms with Crippen LogP contribution in [0.2, 0.25) is 0 Å². The molecule has 31 heavy (non-hydrogen) atoms. The Labute approximate surface area is 181 Å². The van der Waals surface area contributed by atoms with Crippen molar-refractivity contribution in [1.29, 1.82) is 0 Å². The van der Waals surface area contributed by atoms with E-state index in [1.165, 1.54) is 12.7 Å². The summed E-state index contributed by atoms with van der Waals surface area (Å²) in [5.74, 6) is -0.459. The largest absolute Gasteiger partial charge is 0.468 e. The molecule has 7 nitrogen and oxygen atoms in total. The Hall–Kier alpha value is -3.45. The second kappa shape index (κ2) is 9.14. The molecule has 0 bridgehead atoms. The van der Waals surface area contributed by atoms with Gasteiger partial charge in [0.1, 0.15) is 6.04 Å². The average molecular weight is 418 g/mol. The predicted octanol–water partition coefficient (Wildman–Crippen LogP) is 2.73. The van der Waals surface area contributed by atoms with Gasteiger partial charge in [-0.2, -0.15) is 5.10 Å². The van der Waals surface area contributed by atoms with E-state index in [1.807, 2.05) is 36.4 Å². The number of aryl methyl sites for hydroxylation is 1. The smallest absolute Gasteiger partial charge is 0.323 e. The fourth-order valence-electron chi connectivity index (χ4n) is 4.11. The molecule has 1 aromatic heterocycles. The molecular formula is C24H26N4O3. The van der Waals surface area contributed by atoms with Crippen LogP contribution in [-0.2, 0) is 16.1 Å². The molecule has 0 unspecified atom stereocenters. The lowest BCUT2D eigenvalue weighted by molar-refractivity contribution is -0.146. The second-order valence-electron chi connectivity index (χ2n) is 7.77. The van der Waals surface area contributed by atoms with Gasteiger partial charge in [-0.1, -0.05) is 36.4 Å². The standard InChI is InChI=1S/C24H26N4O3/c1-17-8-3-4-9-18(17)15-27-16-19(14-22(27)24(30)31-2)26-23(29)20-10-5-6-11-21(20)28-13-7-12-25-28/h3-13,19,22H,14-16H2,1-2H3,(H,26,29)/t19-,22-/m0/s1. The molecule has 0 spiro atoms. The molecule has 1 aliphatic heterocycles. The molecule has 1 N–H and O–H groups in total. The maximum atomic E-state index is 13.1. The van der Waals surface area contributed by atoms with Crippen molar-refractivity contribution in [2.24, 2.45) is 0 Å². The lowest BCUT2D eigenvalue weighted by atomic mass is 10.1. The number of likely N-dealkylation sites (tertiary alicyclic amines) is 1. The Morgan fingerprint density at radius 3 is 2.65 bits per heavy atom. The molecule has 7 heteroatoms. The lowest BCUT2D eigenvalue weighted by Gasteiger charge is -2.23. The molecule has 1 saturated heterocycles. The Morgan fingerprint density at radius 1 is 1.13 bits per heavy atom. The summed E-state index contributed by atoms with van der Waals surface area (Å²) in [4.78, 5) is 27.6. The molecule has 2 atom stereocenters. The van der Waals surface area contributed by atoms with E-state index in [-0.39, 0.29) is 17.9 Å². The number of para-hydroxylation sites is 1. The molecule has 0 radical (unpaired) electrons. The normalized spacial score (nSPS) is 18.6. The van der Waals surface area contributed by atoms with Crippen LogP contribution in [0.4, 0.5) is 0 Å². The number of esters is 1. The molecule has 1 fully saturated rings. The minimum atomic E-state index is -0.392. The van der Waals surface area contributed by atoms with Crippen LogP contribution in [0.25, 0.3) is 5.69 Å². The number of benzene rings is 2. The van der Waals surface area contributed by atoms with Crippen molar-refractivity contribution in [2.75, 3.05) is 13.7 Å². The van der Waals surface area contributed by atoms with E-state index < -0.39 is 6.04 Å². The molecule has 2 heterocycles. The van der Waals surface area contributed by atoms with Gasteiger partial charge in [0, 0.05) is 31.5 Å². The van der Waals surface area contributed by atoms with Gasteiger partial charge in [-0.3, -0.25) is 14.5 Å². The summed E-state index contributed by atoms with van der Waals surface area (Å²) in [6.07, 6.45) is 3.99. The van der Waals surface area contributed by atoms with E-state index in [0.29, 0.717) is 30.8 Å². The highest BCUT2D eigenvalue weighted by Crippen LogP contribution is 2.24. The van der Waals surface area contributed by atoms with Crippen LogP contribution < -0.4 is 5.32 Å². The molecule has 0 saturated carbocycles. The van der Waals surface area contributed by atoms with Gasteiger partial charge in [-0.05, 0) is 42.7 Å². The monoisotopic (exact) mass is 418 g/mol. The van der Waals surface area contributed by atoms with Crippen molar-refractivity contribution in [2.45, 2.75) is 32.0 Å². The third-order valence-corrected chi connectivity index (χ3v) is 5.75. The zero-order valence-electron chi connectivity index (χ0n) is 17.7. The van der Waals surface area contributed by atoms with Crippen LogP contribution in [0.3, 0.4) is 0 Å². The number of nitrogens with zero attached hydrogens (tertiary/aromatic N) is 3. The van der Waals surface area contributed by atoms with E-state index in [2.05, 4.69) is 34.4 Å². The van der Waals surface area contributed by atoms with Gasteiger partial charge in [0.15, 0.2) is 0 Å². The SMILES string of the molecule is COC(=O)[C@@H]1C[C@H](NC(=O)c2ccccc2-n2cccn2)CN1Cc1ccccc1C. The quantitative estimate of drug-likeness (QED) is 0.623. The summed E-state index contributed by atoms with van der Waals surface area (Å²) in [6, 6.07) is 16.7. The van der Waals surface area contributed by atoms with E-state index in [9.17, 15) is 9.59 Å². The molecule has 2 aromatic carbocycles. The van der Waals surface area contributed by atoms with E-state index >= 15 is 0 Å². The first-order valence-corrected chi connectivity index (χ1v) is 10.3. The molecule has 1 amide bonds. The summed E-state index contributed by atoms with van der Waals surface area (Å²) in [5.41, 5.74) is 3.58. The van der Waals surface area contributed by atoms with E-state index in [0.717, 1.165) is 5.56 Å². The fraction of sp³-hybridized carbons (Fsp3) is 0.292. The van der Waals surface area contributed by atoms with Gasteiger partial charge in [0.25, 0.3) is 5.91 Å². The average Bonchev–Trinajstić information content (AvgIpc) is 3.45. The third kappa shape index (κ3) is 4.51. The zero-order chi connectivity index (χ0) is 21.8. The number of carbonyl (C=O) groups excluding carboxylic acids is 2. The van der Waals surface area contributed by atoms with Crippen molar-refractivity contribution in [3.8, 4) is 5.69 Å². The van der Waals surface area contributed by atoms with Crippen LogP contribution in [-0.4, -0.2) is 52.3 Å². The van der Waals surface area contributed by atoms with Crippen LogP contribution >= 0.6 is 0 Å². The molecule has 160 valence electrons. The van der Waals surface area contributed by atoms with Crippen LogP contribution in [0.5, 0.6) is 0 Å². The van der Waals surface area contributed by atoms with Crippen LogP contribution in [0, 0.1) is 6.92 Å². The molecule has 1 aliphatic rings. The first-order valence-electron chi connectivity index (χ1n) is 10.3. The van der Waals surface area contributed by atoms with Gasteiger partial charge in [-0.25, -0.2) is 4.68 Å². The maximum absolute atomic E-state index is 13.1.